The van der Waals surface area contributed by atoms with Crippen LogP contribution in [0.15, 0.2) is 0 Å². The summed E-state index contributed by atoms with van der Waals surface area (Å²) in [4.78, 5) is 36.0. The average Bonchev–Trinajstić information content (AvgIpc) is 2.40. The molecule has 0 saturated heterocycles. The number of hydrogen-bond acceptors (Lipinski definition) is 8. The Balaban J connectivity index is -0.0000000776. The van der Waals surface area contributed by atoms with Gasteiger partial charge >= 0.3 is 0 Å². The van der Waals surface area contributed by atoms with Gasteiger partial charge in [-0.1, -0.05) is 0 Å². The molecule has 12 heteroatoms. The summed E-state index contributed by atoms with van der Waals surface area (Å²) in [5.74, 6) is -3.33. The van der Waals surface area contributed by atoms with E-state index in [1.165, 1.54) is 0 Å². The fourth-order valence-electron chi connectivity index (χ4n) is 0.516. The summed E-state index contributed by atoms with van der Waals surface area (Å²) >= 11 is 0. The molecule has 0 fully saturated rings. The van der Waals surface area contributed by atoms with E-state index in [1.807, 2.05) is 6.92 Å². The Morgan fingerprint density at radius 1 is 0.692 bits per heavy atom. The van der Waals surface area contributed by atoms with Crippen molar-refractivity contribution in [2.75, 3.05) is 26.3 Å². The van der Waals surface area contributed by atoms with Crippen LogP contribution >= 0.6 is 0 Å². The Kier molecular flexibility index (Phi) is 41.1. The van der Waals surface area contributed by atoms with E-state index in [9.17, 15) is 0 Å². The first-order chi connectivity index (χ1) is 11.7. The predicted octanol–water partition coefficient (Wildman–Crippen LogP) is -0.353. The van der Waals surface area contributed by atoms with E-state index in [1.54, 1.807) is 0 Å². The molecule has 0 unspecified atom stereocenters. The SMILES string of the molecule is CC(=O)O.CC(=O)O.CC(=O)O.CC(=O)O.CC(OCCN)OCCN. The van der Waals surface area contributed by atoms with E-state index < -0.39 is 23.9 Å². The molecule has 0 atom stereocenters. The highest BCUT2D eigenvalue weighted by molar-refractivity contribution is 5.63. The van der Waals surface area contributed by atoms with Crippen LogP contribution in [-0.4, -0.2) is 76.9 Å². The van der Waals surface area contributed by atoms with Crippen LogP contribution in [0.3, 0.4) is 0 Å². The van der Waals surface area contributed by atoms with Crippen LogP contribution in [0.5, 0.6) is 0 Å². The number of rotatable bonds is 6. The molecule has 0 amide bonds. The van der Waals surface area contributed by atoms with Crippen LogP contribution in [-0.2, 0) is 28.7 Å². The van der Waals surface area contributed by atoms with Crippen molar-refractivity contribution in [3.8, 4) is 0 Å². The smallest absolute Gasteiger partial charge is 0.300 e. The van der Waals surface area contributed by atoms with E-state index >= 15 is 0 Å². The second kappa shape index (κ2) is 30.6. The lowest BCUT2D eigenvalue weighted by Crippen LogP contribution is -2.21. The molecule has 0 aliphatic heterocycles. The van der Waals surface area contributed by atoms with Crippen LogP contribution in [0.25, 0.3) is 0 Å². The Bertz CT molecular complexity index is 279. The standard InChI is InChI=1S/C6H16N2O2.4C2H4O2/c1-6(9-4-2-7)10-5-3-8;4*1-2(3)4/h6H,2-5,7-8H2,1H3;4*1H3,(H,3,4). The van der Waals surface area contributed by atoms with Gasteiger partial charge in [-0.15, -0.1) is 0 Å². The first-order valence-corrected chi connectivity index (χ1v) is 7.15. The average molecular weight is 388 g/mol. The summed E-state index contributed by atoms with van der Waals surface area (Å²) in [6, 6.07) is 0. The number of carboxylic acids is 4. The van der Waals surface area contributed by atoms with Crippen molar-refractivity contribution in [1.29, 1.82) is 0 Å². The fourth-order valence-corrected chi connectivity index (χ4v) is 0.516. The maximum absolute atomic E-state index is 9.00. The van der Waals surface area contributed by atoms with Gasteiger partial charge in [0.2, 0.25) is 0 Å². The molecule has 12 nitrogen and oxygen atoms in total. The van der Waals surface area contributed by atoms with Crippen LogP contribution < -0.4 is 11.5 Å². The van der Waals surface area contributed by atoms with Crippen molar-refractivity contribution in [3.63, 3.8) is 0 Å². The molecule has 158 valence electrons. The normalized spacial score (nSPS) is 8.00. The largest absolute Gasteiger partial charge is 0.481 e. The molecule has 8 N–H and O–H groups in total. The van der Waals surface area contributed by atoms with E-state index in [0.717, 1.165) is 27.7 Å². The Labute approximate surface area is 152 Å². The quantitative estimate of drug-likeness (QED) is 0.321. The molecule has 0 aromatic rings. The highest BCUT2D eigenvalue weighted by Gasteiger charge is 1.98. The van der Waals surface area contributed by atoms with E-state index in [4.69, 9.17) is 60.5 Å². The molecule has 26 heavy (non-hydrogen) atoms. The first kappa shape index (κ1) is 34.9. The number of carbonyl (C=O) groups is 4. The van der Waals surface area contributed by atoms with Gasteiger partial charge in [0.1, 0.15) is 0 Å². The third-order valence-corrected chi connectivity index (χ3v) is 0.941. The highest BCUT2D eigenvalue weighted by atomic mass is 16.7. The molecule has 0 saturated carbocycles. The van der Waals surface area contributed by atoms with Crippen molar-refractivity contribution in [2.24, 2.45) is 11.5 Å². The zero-order valence-electron chi connectivity index (χ0n) is 15.8. The molecule has 0 aromatic heterocycles. The van der Waals surface area contributed by atoms with Gasteiger partial charge in [0.05, 0.1) is 13.2 Å². The zero-order chi connectivity index (χ0) is 22.1. The van der Waals surface area contributed by atoms with Gasteiger partial charge in [-0.25, -0.2) is 0 Å². The lowest BCUT2D eigenvalue weighted by atomic mass is 10.6. The van der Waals surface area contributed by atoms with Crippen molar-refractivity contribution in [3.05, 3.63) is 0 Å². The second-order valence-electron chi connectivity index (χ2n) is 3.96. The van der Waals surface area contributed by atoms with E-state index in [-0.39, 0.29) is 6.29 Å². The molecule has 0 bridgehead atoms. The summed E-state index contributed by atoms with van der Waals surface area (Å²) in [5, 5.41) is 29.7. The van der Waals surface area contributed by atoms with Gasteiger partial charge in [0, 0.05) is 40.8 Å². The predicted molar refractivity (Wildman–Crippen MR) is 92.7 cm³/mol. The number of aliphatic carboxylic acids is 4. The fraction of sp³-hybridized carbons (Fsp3) is 0.714. The minimum atomic E-state index is -0.833. The lowest BCUT2D eigenvalue weighted by Gasteiger charge is -2.11. The Morgan fingerprint density at radius 3 is 0.962 bits per heavy atom. The van der Waals surface area contributed by atoms with Crippen molar-refractivity contribution in [2.45, 2.75) is 40.9 Å². The Hall–Kier alpha value is -2.28. The molecule has 0 aliphatic rings. The molecular formula is C14H32N2O10. The molecule has 0 rings (SSSR count). The highest BCUT2D eigenvalue weighted by Crippen LogP contribution is 1.90. The molecular weight excluding hydrogens is 356 g/mol. The van der Waals surface area contributed by atoms with Gasteiger partial charge in [0.15, 0.2) is 6.29 Å². The van der Waals surface area contributed by atoms with Crippen molar-refractivity contribution >= 4 is 23.9 Å². The van der Waals surface area contributed by atoms with Crippen LogP contribution in [0.4, 0.5) is 0 Å². The Morgan fingerprint density at radius 2 is 0.846 bits per heavy atom. The number of ether oxygens (including phenoxy) is 2. The second-order valence-corrected chi connectivity index (χ2v) is 3.96. The summed E-state index contributed by atoms with van der Waals surface area (Å²) < 4.78 is 10.2. The molecule has 0 aliphatic carbocycles. The molecule has 0 aromatic carbocycles. The molecule has 0 radical (unpaired) electrons. The maximum Gasteiger partial charge on any atom is 0.300 e. The van der Waals surface area contributed by atoms with Gasteiger partial charge in [-0.05, 0) is 6.92 Å². The number of carboxylic acid groups (broad SMARTS) is 4. The third-order valence-electron chi connectivity index (χ3n) is 0.941. The number of nitrogens with two attached hydrogens (primary N) is 2. The van der Waals surface area contributed by atoms with Crippen LogP contribution in [0, 0.1) is 0 Å². The van der Waals surface area contributed by atoms with Crippen LogP contribution in [0.1, 0.15) is 34.6 Å². The van der Waals surface area contributed by atoms with E-state index in [2.05, 4.69) is 0 Å². The summed E-state index contributed by atoms with van der Waals surface area (Å²) in [7, 11) is 0. The third kappa shape index (κ3) is 285. The topological polar surface area (TPSA) is 220 Å². The zero-order valence-corrected chi connectivity index (χ0v) is 15.8. The number of hydrogen-bond donors (Lipinski definition) is 6. The lowest BCUT2D eigenvalue weighted by molar-refractivity contribution is -0.135. The van der Waals surface area contributed by atoms with Crippen molar-refractivity contribution < 1.29 is 49.1 Å². The van der Waals surface area contributed by atoms with E-state index in [0.29, 0.717) is 26.3 Å². The van der Waals surface area contributed by atoms with Gasteiger partial charge in [0.25, 0.3) is 23.9 Å². The minimum Gasteiger partial charge on any atom is -0.481 e. The molecule has 0 spiro atoms. The summed E-state index contributed by atoms with van der Waals surface area (Å²) in [6.07, 6.45) is -0.188. The van der Waals surface area contributed by atoms with Gasteiger partial charge < -0.3 is 41.4 Å². The monoisotopic (exact) mass is 388 g/mol. The van der Waals surface area contributed by atoms with Crippen LogP contribution in [0.2, 0.25) is 0 Å². The summed E-state index contributed by atoms with van der Waals surface area (Å²) in [5.41, 5.74) is 10.4. The molecule has 0 heterocycles. The van der Waals surface area contributed by atoms with Gasteiger partial charge in [-0.2, -0.15) is 0 Å². The maximum atomic E-state index is 9.00. The van der Waals surface area contributed by atoms with Gasteiger partial charge in [-0.3, -0.25) is 19.2 Å². The van der Waals surface area contributed by atoms with Crippen molar-refractivity contribution in [1.82, 2.24) is 0 Å². The minimum absolute atomic E-state index is 0.188. The first-order valence-electron chi connectivity index (χ1n) is 7.15. The summed E-state index contributed by atoms with van der Waals surface area (Å²) in [6.45, 7) is 8.27.